The van der Waals surface area contributed by atoms with Crippen LogP contribution in [0.5, 0.6) is 0 Å². The van der Waals surface area contributed by atoms with Crippen LogP contribution in [0.1, 0.15) is 33.6 Å². The molecule has 100 valence electrons. The lowest BCUT2D eigenvalue weighted by atomic mass is 9.89. The molecule has 1 atom stereocenters. The molecule has 1 saturated heterocycles. The molecule has 17 heavy (non-hydrogen) atoms. The van der Waals surface area contributed by atoms with Crippen molar-refractivity contribution in [1.82, 2.24) is 4.90 Å². The summed E-state index contributed by atoms with van der Waals surface area (Å²) in [7, 11) is -0.930. The first-order valence-corrected chi connectivity index (χ1v) is 7.88. The van der Waals surface area contributed by atoms with Crippen LogP contribution < -0.4 is 0 Å². The van der Waals surface area contributed by atoms with Crippen LogP contribution in [0.15, 0.2) is 0 Å². The van der Waals surface area contributed by atoms with E-state index >= 15 is 0 Å². The number of carbonyl (C=O) groups excluding carboxylic acids is 1. The first-order valence-electron chi connectivity index (χ1n) is 6.06. The Hall–Kier alpha value is -0.420. The summed E-state index contributed by atoms with van der Waals surface area (Å²) in [6.45, 7) is 6.39. The van der Waals surface area contributed by atoms with E-state index in [9.17, 15) is 13.2 Å². The third kappa shape index (κ3) is 4.39. The number of ketones is 1. The molecule has 0 aromatic rings. The Morgan fingerprint density at radius 2 is 1.94 bits per heavy atom. The maximum absolute atomic E-state index is 11.8. The van der Waals surface area contributed by atoms with Crippen molar-refractivity contribution in [3.63, 3.8) is 0 Å². The van der Waals surface area contributed by atoms with Gasteiger partial charge in [0.15, 0.2) is 9.84 Å². The van der Waals surface area contributed by atoms with E-state index in [1.807, 2.05) is 32.7 Å². The summed E-state index contributed by atoms with van der Waals surface area (Å²) in [6.07, 6.45) is 1.19. The van der Waals surface area contributed by atoms with E-state index in [4.69, 9.17) is 0 Å². The Labute approximate surface area is 104 Å². The van der Waals surface area contributed by atoms with Crippen molar-refractivity contribution in [2.45, 2.75) is 39.7 Å². The molecule has 0 aromatic carbocycles. The fraction of sp³-hybridized carbons (Fsp3) is 0.917. The third-order valence-corrected chi connectivity index (χ3v) is 5.11. The highest BCUT2D eigenvalue weighted by atomic mass is 32.2. The number of Topliss-reactive ketones (excluding diaryl/α,β-unsaturated/α-hetero) is 1. The third-order valence-electron chi connectivity index (χ3n) is 3.36. The van der Waals surface area contributed by atoms with Gasteiger partial charge in [-0.15, -0.1) is 0 Å². The van der Waals surface area contributed by atoms with Gasteiger partial charge < -0.3 is 4.90 Å². The van der Waals surface area contributed by atoms with E-state index in [1.165, 1.54) is 0 Å². The predicted molar refractivity (Wildman–Crippen MR) is 68.8 cm³/mol. The molecule has 0 saturated carbocycles. The van der Waals surface area contributed by atoms with Gasteiger partial charge in [0.2, 0.25) is 0 Å². The van der Waals surface area contributed by atoms with Crippen molar-refractivity contribution >= 4 is 15.6 Å². The summed E-state index contributed by atoms with van der Waals surface area (Å²) in [5.41, 5.74) is -0.303. The molecule has 0 aromatic heterocycles. The molecule has 0 aliphatic carbocycles. The van der Waals surface area contributed by atoms with E-state index in [1.54, 1.807) is 0 Å². The monoisotopic (exact) mass is 261 g/mol. The van der Waals surface area contributed by atoms with Crippen LogP contribution in [0.3, 0.4) is 0 Å². The molecule has 0 spiro atoms. The van der Waals surface area contributed by atoms with Crippen LogP contribution in [0.4, 0.5) is 0 Å². The normalized spacial score (nSPS) is 24.2. The number of carbonyl (C=O) groups is 1. The maximum atomic E-state index is 11.8. The quantitative estimate of drug-likeness (QED) is 0.761. The van der Waals surface area contributed by atoms with Crippen molar-refractivity contribution in [3.8, 4) is 0 Å². The molecule has 1 rings (SSSR count). The first-order chi connectivity index (χ1) is 7.62. The molecule has 1 fully saturated rings. The van der Waals surface area contributed by atoms with E-state index in [0.717, 1.165) is 0 Å². The van der Waals surface area contributed by atoms with Gasteiger partial charge in [0, 0.05) is 24.4 Å². The molecular formula is C12H23NO3S. The highest BCUT2D eigenvalue weighted by Crippen LogP contribution is 2.19. The van der Waals surface area contributed by atoms with E-state index < -0.39 is 9.84 Å². The SMILES string of the molecule is CN(CCC(=O)C(C)(C)C)C1CCS(=O)(=O)C1. The summed E-state index contributed by atoms with van der Waals surface area (Å²) in [4.78, 5) is 13.8. The van der Waals surface area contributed by atoms with Crippen molar-refractivity contribution in [3.05, 3.63) is 0 Å². The van der Waals surface area contributed by atoms with Gasteiger partial charge in [-0.3, -0.25) is 4.79 Å². The summed E-state index contributed by atoms with van der Waals surface area (Å²) in [5.74, 6) is 0.757. The molecule has 0 amide bonds. The zero-order chi connectivity index (χ0) is 13.3. The minimum atomic E-state index is -2.83. The Morgan fingerprint density at radius 3 is 2.35 bits per heavy atom. The first kappa shape index (κ1) is 14.6. The average molecular weight is 261 g/mol. The molecule has 5 heteroatoms. The Balaban J connectivity index is 2.41. The maximum Gasteiger partial charge on any atom is 0.151 e. The fourth-order valence-corrected chi connectivity index (χ4v) is 3.76. The number of hydrogen-bond donors (Lipinski definition) is 0. The molecule has 0 N–H and O–H groups in total. The lowest BCUT2D eigenvalue weighted by molar-refractivity contribution is -0.126. The highest BCUT2D eigenvalue weighted by Gasteiger charge is 2.31. The van der Waals surface area contributed by atoms with E-state index in [0.29, 0.717) is 19.4 Å². The molecule has 1 aliphatic heterocycles. The van der Waals surface area contributed by atoms with Crippen LogP contribution in [-0.2, 0) is 14.6 Å². The number of sulfone groups is 1. The van der Waals surface area contributed by atoms with Gasteiger partial charge in [-0.2, -0.15) is 0 Å². The zero-order valence-electron chi connectivity index (χ0n) is 11.2. The lowest BCUT2D eigenvalue weighted by Crippen LogP contribution is -2.35. The van der Waals surface area contributed by atoms with Gasteiger partial charge in [0.1, 0.15) is 5.78 Å². The largest absolute Gasteiger partial charge is 0.302 e. The van der Waals surface area contributed by atoms with E-state index in [2.05, 4.69) is 0 Å². The van der Waals surface area contributed by atoms with Gasteiger partial charge in [0.25, 0.3) is 0 Å². The summed E-state index contributed by atoms with van der Waals surface area (Å²) < 4.78 is 22.7. The molecule has 0 bridgehead atoms. The van der Waals surface area contributed by atoms with Crippen molar-refractivity contribution in [2.24, 2.45) is 5.41 Å². The Bertz CT molecular complexity index is 381. The Morgan fingerprint density at radius 1 is 1.35 bits per heavy atom. The number of rotatable bonds is 4. The number of hydrogen-bond acceptors (Lipinski definition) is 4. The van der Waals surface area contributed by atoms with Crippen molar-refractivity contribution < 1.29 is 13.2 Å². The molecule has 0 radical (unpaired) electrons. The molecular weight excluding hydrogens is 238 g/mol. The Kier molecular flexibility index (Phi) is 4.36. The summed E-state index contributed by atoms with van der Waals surface area (Å²) in [5, 5.41) is 0. The molecule has 1 unspecified atom stereocenters. The van der Waals surface area contributed by atoms with E-state index in [-0.39, 0.29) is 28.7 Å². The second-order valence-corrected chi connectivity index (χ2v) is 8.19. The van der Waals surface area contributed by atoms with Crippen LogP contribution in [0.25, 0.3) is 0 Å². The van der Waals surface area contributed by atoms with Crippen molar-refractivity contribution in [1.29, 1.82) is 0 Å². The highest BCUT2D eigenvalue weighted by molar-refractivity contribution is 7.91. The second-order valence-electron chi connectivity index (χ2n) is 5.96. The van der Waals surface area contributed by atoms with Gasteiger partial charge in [0.05, 0.1) is 11.5 Å². The topological polar surface area (TPSA) is 54.5 Å². The number of nitrogens with zero attached hydrogens (tertiary/aromatic N) is 1. The fourth-order valence-electron chi connectivity index (χ4n) is 1.96. The average Bonchev–Trinajstić information content (AvgIpc) is 2.53. The smallest absolute Gasteiger partial charge is 0.151 e. The minimum absolute atomic E-state index is 0.0905. The molecule has 4 nitrogen and oxygen atoms in total. The van der Waals surface area contributed by atoms with Gasteiger partial charge >= 0.3 is 0 Å². The van der Waals surface area contributed by atoms with Crippen LogP contribution in [0, 0.1) is 5.41 Å². The standard InChI is InChI=1S/C12H23NO3S/c1-12(2,3)11(14)5-7-13(4)10-6-8-17(15,16)9-10/h10H,5-9H2,1-4H3. The van der Waals surface area contributed by atoms with Crippen molar-refractivity contribution in [2.75, 3.05) is 25.1 Å². The van der Waals surface area contributed by atoms with Gasteiger partial charge in [-0.1, -0.05) is 20.8 Å². The lowest BCUT2D eigenvalue weighted by Gasteiger charge is -2.24. The van der Waals surface area contributed by atoms with Gasteiger partial charge in [-0.05, 0) is 13.5 Å². The van der Waals surface area contributed by atoms with Crippen LogP contribution in [-0.4, -0.2) is 50.2 Å². The molecule has 1 aliphatic rings. The minimum Gasteiger partial charge on any atom is -0.302 e. The molecule has 1 heterocycles. The summed E-state index contributed by atoms with van der Waals surface area (Å²) in [6, 6.07) is 0.0905. The van der Waals surface area contributed by atoms with Crippen LogP contribution in [0.2, 0.25) is 0 Å². The van der Waals surface area contributed by atoms with Gasteiger partial charge in [-0.25, -0.2) is 8.42 Å². The van der Waals surface area contributed by atoms with Crippen LogP contribution >= 0.6 is 0 Å². The summed E-state index contributed by atoms with van der Waals surface area (Å²) >= 11 is 0. The zero-order valence-corrected chi connectivity index (χ0v) is 12.0. The second kappa shape index (κ2) is 5.06. The predicted octanol–water partition coefficient (Wildman–Crippen LogP) is 1.11.